The smallest absolute Gasteiger partial charge is 0.322 e. The molecule has 1 fully saturated rings. The van der Waals surface area contributed by atoms with Crippen molar-refractivity contribution < 1.29 is 9.90 Å². The minimum Gasteiger partial charge on any atom is -0.480 e. The number of carboxylic acids is 1. The molecule has 0 spiro atoms. The number of aromatic nitrogens is 2. The SMILES string of the molecule is Cc1ccc(C)c(Nc2cc(C3CC3)nc(NCC(=O)O)n2)c1. The summed E-state index contributed by atoms with van der Waals surface area (Å²) < 4.78 is 0. The molecule has 23 heavy (non-hydrogen) atoms. The van der Waals surface area contributed by atoms with Crippen LogP contribution >= 0.6 is 0 Å². The predicted octanol–water partition coefficient (Wildman–Crippen LogP) is 3.21. The highest BCUT2D eigenvalue weighted by atomic mass is 16.4. The Bertz CT molecular complexity index is 741. The van der Waals surface area contributed by atoms with Gasteiger partial charge in [0.25, 0.3) is 0 Å². The summed E-state index contributed by atoms with van der Waals surface area (Å²) in [5, 5.41) is 14.9. The zero-order valence-corrected chi connectivity index (χ0v) is 13.3. The third kappa shape index (κ3) is 3.97. The van der Waals surface area contributed by atoms with E-state index in [4.69, 9.17) is 5.11 Å². The number of nitrogens with one attached hydrogen (secondary N) is 2. The minimum absolute atomic E-state index is 0.197. The quantitative estimate of drug-likeness (QED) is 0.759. The summed E-state index contributed by atoms with van der Waals surface area (Å²) in [6.07, 6.45) is 2.25. The number of carboxylic acid groups (broad SMARTS) is 1. The fourth-order valence-electron chi connectivity index (χ4n) is 2.36. The van der Waals surface area contributed by atoms with Crippen LogP contribution in [0.4, 0.5) is 17.5 Å². The fourth-order valence-corrected chi connectivity index (χ4v) is 2.36. The fraction of sp³-hybridized carbons (Fsp3) is 0.353. The summed E-state index contributed by atoms with van der Waals surface area (Å²) in [7, 11) is 0. The summed E-state index contributed by atoms with van der Waals surface area (Å²) >= 11 is 0. The summed E-state index contributed by atoms with van der Waals surface area (Å²) in [5.41, 5.74) is 4.25. The van der Waals surface area contributed by atoms with Gasteiger partial charge in [0.1, 0.15) is 12.4 Å². The van der Waals surface area contributed by atoms with E-state index in [0.29, 0.717) is 17.7 Å². The monoisotopic (exact) mass is 312 g/mol. The van der Waals surface area contributed by atoms with Crippen LogP contribution in [0.3, 0.4) is 0 Å². The Morgan fingerprint density at radius 1 is 1.26 bits per heavy atom. The summed E-state index contributed by atoms with van der Waals surface area (Å²) in [4.78, 5) is 19.5. The Morgan fingerprint density at radius 2 is 2.04 bits per heavy atom. The lowest BCUT2D eigenvalue weighted by molar-refractivity contribution is -0.134. The third-order valence-electron chi connectivity index (χ3n) is 3.80. The van der Waals surface area contributed by atoms with Gasteiger partial charge in [-0.1, -0.05) is 12.1 Å². The largest absolute Gasteiger partial charge is 0.480 e. The van der Waals surface area contributed by atoms with Crippen LogP contribution in [-0.2, 0) is 4.79 Å². The van der Waals surface area contributed by atoms with E-state index in [1.54, 1.807) is 0 Å². The maximum Gasteiger partial charge on any atom is 0.322 e. The van der Waals surface area contributed by atoms with E-state index in [9.17, 15) is 4.79 Å². The summed E-state index contributed by atoms with van der Waals surface area (Å²) in [6.45, 7) is 3.88. The van der Waals surface area contributed by atoms with Crippen molar-refractivity contribution in [1.29, 1.82) is 0 Å². The zero-order chi connectivity index (χ0) is 16.4. The van der Waals surface area contributed by atoms with Gasteiger partial charge in [0, 0.05) is 17.7 Å². The van der Waals surface area contributed by atoms with Crippen LogP contribution in [0.5, 0.6) is 0 Å². The lowest BCUT2D eigenvalue weighted by Gasteiger charge is -2.12. The van der Waals surface area contributed by atoms with Gasteiger partial charge in [-0.15, -0.1) is 0 Å². The molecule has 0 aliphatic heterocycles. The number of nitrogens with zero attached hydrogens (tertiary/aromatic N) is 2. The Kier molecular flexibility index (Phi) is 4.14. The van der Waals surface area contributed by atoms with Gasteiger partial charge in [-0.2, -0.15) is 4.98 Å². The van der Waals surface area contributed by atoms with E-state index in [1.807, 2.05) is 19.9 Å². The molecule has 0 radical (unpaired) electrons. The first-order valence-electron chi connectivity index (χ1n) is 7.70. The number of aliphatic carboxylic acids is 1. The number of rotatable bonds is 6. The number of benzene rings is 1. The van der Waals surface area contributed by atoms with Crippen molar-refractivity contribution in [2.75, 3.05) is 17.2 Å². The molecule has 0 saturated heterocycles. The Labute approximate surface area is 135 Å². The standard InChI is InChI=1S/C17H20N4O2/c1-10-3-4-11(2)13(7-10)19-15-8-14(12-5-6-12)20-17(21-15)18-9-16(22)23/h3-4,7-8,12H,5-6,9H2,1-2H3,(H,22,23)(H2,18,19,20,21). The molecule has 0 bridgehead atoms. The van der Waals surface area contributed by atoms with Gasteiger partial charge in [-0.3, -0.25) is 4.79 Å². The molecule has 120 valence electrons. The number of anilines is 3. The second-order valence-electron chi connectivity index (χ2n) is 5.97. The summed E-state index contributed by atoms with van der Waals surface area (Å²) in [5.74, 6) is 0.560. The molecule has 0 unspecified atom stereocenters. The van der Waals surface area contributed by atoms with Crippen LogP contribution in [0, 0.1) is 13.8 Å². The number of carbonyl (C=O) groups is 1. The van der Waals surface area contributed by atoms with Crippen LogP contribution in [0.25, 0.3) is 0 Å². The van der Waals surface area contributed by atoms with Crippen molar-refractivity contribution in [1.82, 2.24) is 9.97 Å². The first-order chi connectivity index (χ1) is 11.0. The van der Waals surface area contributed by atoms with Gasteiger partial charge in [0.05, 0.1) is 5.69 Å². The molecule has 1 heterocycles. The van der Waals surface area contributed by atoms with Gasteiger partial charge in [-0.05, 0) is 43.9 Å². The van der Waals surface area contributed by atoms with E-state index in [-0.39, 0.29) is 6.54 Å². The van der Waals surface area contributed by atoms with Gasteiger partial charge in [-0.25, -0.2) is 4.98 Å². The summed E-state index contributed by atoms with van der Waals surface area (Å²) in [6, 6.07) is 8.14. The highest BCUT2D eigenvalue weighted by Gasteiger charge is 2.26. The lowest BCUT2D eigenvalue weighted by Crippen LogP contribution is -2.15. The van der Waals surface area contributed by atoms with Crippen molar-refractivity contribution >= 4 is 23.4 Å². The molecule has 3 N–H and O–H groups in total. The van der Waals surface area contributed by atoms with Crippen molar-refractivity contribution in [3.63, 3.8) is 0 Å². The molecule has 1 saturated carbocycles. The molecule has 6 heteroatoms. The Morgan fingerprint density at radius 3 is 2.74 bits per heavy atom. The number of hydrogen-bond donors (Lipinski definition) is 3. The Hall–Kier alpha value is -2.63. The second-order valence-corrected chi connectivity index (χ2v) is 5.97. The van der Waals surface area contributed by atoms with E-state index >= 15 is 0 Å². The molecule has 6 nitrogen and oxygen atoms in total. The van der Waals surface area contributed by atoms with Crippen LogP contribution in [-0.4, -0.2) is 27.6 Å². The van der Waals surface area contributed by atoms with E-state index in [0.717, 1.165) is 29.8 Å². The first-order valence-corrected chi connectivity index (χ1v) is 7.70. The highest BCUT2D eigenvalue weighted by Crippen LogP contribution is 2.40. The molecular formula is C17H20N4O2. The van der Waals surface area contributed by atoms with Gasteiger partial charge in [0.2, 0.25) is 5.95 Å². The normalized spacial score (nSPS) is 13.7. The topological polar surface area (TPSA) is 87.1 Å². The van der Waals surface area contributed by atoms with Gasteiger partial charge in [0.15, 0.2) is 0 Å². The van der Waals surface area contributed by atoms with Gasteiger partial charge >= 0.3 is 5.97 Å². The molecule has 3 rings (SSSR count). The molecule has 2 aromatic rings. The zero-order valence-electron chi connectivity index (χ0n) is 13.3. The van der Waals surface area contributed by atoms with E-state index in [2.05, 4.69) is 38.8 Å². The molecular weight excluding hydrogens is 292 g/mol. The highest BCUT2D eigenvalue weighted by molar-refractivity contribution is 5.72. The van der Waals surface area contributed by atoms with Crippen molar-refractivity contribution in [2.24, 2.45) is 0 Å². The molecule has 0 atom stereocenters. The van der Waals surface area contributed by atoms with Crippen molar-refractivity contribution in [2.45, 2.75) is 32.6 Å². The predicted molar refractivity (Wildman–Crippen MR) is 89.3 cm³/mol. The van der Waals surface area contributed by atoms with Gasteiger partial charge < -0.3 is 15.7 Å². The maximum atomic E-state index is 10.7. The van der Waals surface area contributed by atoms with Crippen LogP contribution in [0.15, 0.2) is 24.3 Å². The minimum atomic E-state index is -0.936. The average molecular weight is 312 g/mol. The molecule has 1 aromatic heterocycles. The van der Waals surface area contributed by atoms with Crippen LogP contribution in [0.1, 0.15) is 35.6 Å². The number of hydrogen-bond acceptors (Lipinski definition) is 5. The first kappa shape index (κ1) is 15.3. The number of aryl methyl sites for hydroxylation is 2. The lowest BCUT2D eigenvalue weighted by atomic mass is 10.1. The second kappa shape index (κ2) is 6.24. The molecule has 1 aliphatic rings. The van der Waals surface area contributed by atoms with Crippen molar-refractivity contribution in [3.05, 3.63) is 41.1 Å². The average Bonchev–Trinajstić information content (AvgIpc) is 3.33. The van der Waals surface area contributed by atoms with E-state index < -0.39 is 5.97 Å². The maximum absolute atomic E-state index is 10.7. The van der Waals surface area contributed by atoms with Crippen molar-refractivity contribution in [3.8, 4) is 0 Å². The molecule has 1 aromatic carbocycles. The van der Waals surface area contributed by atoms with E-state index in [1.165, 1.54) is 5.56 Å². The van der Waals surface area contributed by atoms with Crippen LogP contribution in [0.2, 0.25) is 0 Å². The molecule has 1 aliphatic carbocycles. The Balaban J connectivity index is 1.87. The molecule has 0 amide bonds. The third-order valence-corrected chi connectivity index (χ3v) is 3.80. The van der Waals surface area contributed by atoms with Crippen LogP contribution < -0.4 is 10.6 Å².